The Kier molecular flexibility index (Phi) is 2.49. The van der Waals surface area contributed by atoms with E-state index < -0.39 is 0 Å². The number of hydrogen-bond donors (Lipinski definition) is 0. The second kappa shape index (κ2) is 3.24. The molecule has 64 valence electrons. The number of rotatable bonds is 1. The number of thiazole rings is 1. The van der Waals surface area contributed by atoms with Gasteiger partial charge in [0.05, 0.1) is 18.2 Å². The fourth-order valence-corrected chi connectivity index (χ4v) is 1.76. The van der Waals surface area contributed by atoms with Crippen molar-refractivity contribution in [2.24, 2.45) is 0 Å². The highest BCUT2D eigenvalue weighted by molar-refractivity contribution is 7.09. The van der Waals surface area contributed by atoms with E-state index in [0.29, 0.717) is 6.42 Å². The van der Waals surface area contributed by atoms with Gasteiger partial charge in [0, 0.05) is 10.8 Å². The molecule has 0 saturated carbocycles. The van der Waals surface area contributed by atoms with E-state index in [1.807, 2.05) is 5.38 Å². The summed E-state index contributed by atoms with van der Waals surface area (Å²) in [5.41, 5.74) is 1.18. The van der Waals surface area contributed by atoms with E-state index >= 15 is 0 Å². The minimum atomic E-state index is 0.101. The summed E-state index contributed by atoms with van der Waals surface area (Å²) in [6.07, 6.45) is 0.431. The zero-order valence-electron chi connectivity index (χ0n) is 7.59. The highest BCUT2D eigenvalue weighted by Crippen LogP contribution is 2.23. The van der Waals surface area contributed by atoms with Crippen molar-refractivity contribution in [3.05, 3.63) is 16.1 Å². The molecule has 0 N–H and O–H groups in total. The third kappa shape index (κ3) is 2.05. The molecule has 0 aromatic carbocycles. The molecule has 1 rings (SSSR count). The van der Waals surface area contributed by atoms with Crippen LogP contribution in [0, 0.1) is 11.3 Å². The Hall–Kier alpha value is -0.880. The first kappa shape index (κ1) is 9.21. The smallest absolute Gasteiger partial charge is 0.107 e. The molecule has 2 nitrogen and oxygen atoms in total. The Morgan fingerprint density at radius 2 is 2.25 bits per heavy atom. The Labute approximate surface area is 76.9 Å². The van der Waals surface area contributed by atoms with E-state index in [9.17, 15) is 0 Å². The zero-order valence-corrected chi connectivity index (χ0v) is 8.40. The van der Waals surface area contributed by atoms with Crippen LogP contribution in [0.15, 0.2) is 5.38 Å². The Morgan fingerprint density at radius 3 is 2.67 bits per heavy atom. The van der Waals surface area contributed by atoms with E-state index in [1.165, 1.54) is 0 Å². The maximum Gasteiger partial charge on any atom is 0.107 e. The van der Waals surface area contributed by atoms with Crippen LogP contribution in [0.3, 0.4) is 0 Å². The Bertz CT molecular complexity index is 301. The monoisotopic (exact) mass is 180 g/mol. The van der Waals surface area contributed by atoms with Crippen molar-refractivity contribution in [3.63, 3.8) is 0 Å². The van der Waals surface area contributed by atoms with Gasteiger partial charge >= 0.3 is 0 Å². The van der Waals surface area contributed by atoms with E-state index in [4.69, 9.17) is 5.26 Å². The average molecular weight is 180 g/mol. The van der Waals surface area contributed by atoms with Gasteiger partial charge in [-0.15, -0.1) is 11.3 Å². The topological polar surface area (TPSA) is 36.7 Å². The molecule has 0 fully saturated rings. The maximum atomic E-state index is 8.45. The molecule has 1 aromatic heterocycles. The molecule has 0 bridgehead atoms. The van der Waals surface area contributed by atoms with E-state index in [0.717, 1.165) is 10.7 Å². The average Bonchev–Trinajstić information content (AvgIpc) is 2.35. The van der Waals surface area contributed by atoms with Crippen molar-refractivity contribution in [1.29, 1.82) is 5.26 Å². The highest BCUT2D eigenvalue weighted by Gasteiger charge is 2.16. The van der Waals surface area contributed by atoms with Crippen LogP contribution >= 0.6 is 11.3 Å². The van der Waals surface area contributed by atoms with Gasteiger partial charge in [-0.25, -0.2) is 4.98 Å². The summed E-state index contributed by atoms with van der Waals surface area (Å²) in [4.78, 5) is 4.37. The molecule has 0 amide bonds. The van der Waals surface area contributed by atoms with Crippen LogP contribution in [-0.4, -0.2) is 4.98 Å². The van der Waals surface area contributed by atoms with E-state index in [1.54, 1.807) is 11.3 Å². The second-order valence-electron chi connectivity index (χ2n) is 3.71. The molecule has 12 heavy (non-hydrogen) atoms. The molecule has 3 heteroatoms. The first-order valence-electron chi connectivity index (χ1n) is 3.86. The molecular formula is C9H12N2S. The predicted molar refractivity (Wildman–Crippen MR) is 50.1 cm³/mol. The Balaban J connectivity index is 2.86. The summed E-state index contributed by atoms with van der Waals surface area (Å²) < 4.78 is 0. The van der Waals surface area contributed by atoms with Gasteiger partial charge in [0.15, 0.2) is 0 Å². The zero-order chi connectivity index (χ0) is 9.19. The van der Waals surface area contributed by atoms with Crippen molar-refractivity contribution >= 4 is 11.3 Å². The molecule has 0 spiro atoms. The number of hydrogen-bond acceptors (Lipinski definition) is 3. The third-order valence-corrected chi connectivity index (χ3v) is 2.40. The van der Waals surface area contributed by atoms with E-state index in [-0.39, 0.29) is 5.41 Å². The summed E-state index contributed by atoms with van der Waals surface area (Å²) in [5.74, 6) is 0. The fraction of sp³-hybridized carbons (Fsp3) is 0.556. The third-order valence-electron chi connectivity index (χ3n) is 1.55. The molecule has 0 aliphatic rings. The first-order valence-corrected chi connectivity index (χ1v) is 4.74. The summed E-state index contributed by atoms with van der Waals surface area (Å²) in [5, 5.41) is 11.4. The summed E-state index contributed by atoms with van der Waals surface area (Å²) >= 11 is 1.57. The lowest BCUT2D eigenvalue weighted by Gasteiger charge is -2.13. The van der Waals surface area contributed by atoms with Crippen LogP contribution in [0.4, 0.5) is 0 Å². The number of nitriles is 1. The SMILES string of the molecule is CC(C)(C)c1csc(CC#N)n1. The molecular weight excluding hydrogens is 168 g/mol. The molecule has 1 aromatic rings. The standard InChI is InChI=1S/C9H12N2S/c1-9(2,3)7-6-12-8(11-7)4-5-10/h6H,4H2,1-3H3. The maximum absolute atomic E-state index is 8.45. The van der Waals surface area contributed by atoms with Gasteiger partial charge in [0.2, 0.25) is 0 Å². The summed E-state index contributed by atoms with van der Waals surface area (Å²) in [7, 11) is 0. The molecule has 0 unspecified atom stereocenters. The fourth-order valence-electron chi connectivity index (χ4n) is 0.804. The largest absolute Gasteiger partial charge is 0.245 e. The van der Waals surface area contributed by atoms with Gasteiger partial charge in [-0.05, 0) is 0 Å². The van der Waals surface area contributed by atoms with Crippen molar-refractivity contribution in [2.75, 3.05) is 0 Å². The van der Waals surface area contributed by atoms with Crippen molar-refractivity contribution in [2.45, 2.75) is 32.6 Å². The van der Waals surface area contributed by atoms with Gasteiger partial charge in [0.25, 0.3) is 0 Å². The summed E-state index contributed by atoms with van der Waals surface area (Å²) in [6.45, 7) is 6.37. The van der Waals surface area contributed by atoms with Crippen LogP contribution in [-0.2, 0) is 11.8 Å². The van der Waals surface area contributed by atoms with Crippen molar-refractivity contribution in [1.82, 2.24) is 4.98 Å². The predicted octanol–water partition coefficient (Wildman–Crippen LogP) is 2.51. The van der Waals surface area contributed by atoms with Gasteiger partial charge in [-0.2, -0.15) is 5.26 Å². The van der Waals surface area contributed by atoms with Crippen molar-refractivity contribution in [3.8, 4) is 6.07 Å². The van der Waals surface area contributed by atoms with Crippen LogP contribution < -0.4 is 0 Å². The van der Waals surface area contributed by atoms with Crippen LogP contribution in [0.5, 0.6) is 0 Å². The van der Waals surface area contributed by atoms with Crippen LogP contribution in [0.25, 0.3) is 0 Å². The van der Waals surface area contributed by atoms with Crippen LogP contribution in [0.2, 0.25) is 0 Å². The molecule has 0 saturated heterocycles. The first-order chi connectivity index (χ1) is 5.54. The van der Waals surface area contributed by atoms with Gasteiger partial charge in [-0.3, -0.25) is 0 Å². The van der Waals surface area contributed by atoms with Gasteiger partial charge < -0.3 is 0 Å². The van der Waals surface area contributed by atoms with Crippen molar-refractivity contribution < 1.29 is 0 Å². The quantitative estimate of drug-likeness (QED) is 0.665. The van der Waals surface area contributed by atoms with E-state index in [2.05, 4.69) is 31.8 Å². The lowest BCUT2D eigenvalue weighted by molar-refractivity contribution is 0.571. The Morgan fingerprint density at radius 1 is 1.58 bits per heavy atom. The lowest BCUT2D eigenvalue weighted by atomic mass is 9.93. The minimum absolute atomic E-state index is 0.101. The number of nitrogens with zero attached hydrogens (tertiary/aromatic N) is 2. The molecule has 0 radical (unpaired) electrons. The summed E-state index contributed by atoms with van der Waals surface area (Å²) in [6, 6.07) is 2.10. The minimum Gasteiger partial charge on any atom is -0.245 e. The van der Waals surface area contributed by atoms with Gasteiger partial charge in [-0.1, -0.05) is 20.8 Å². The second-order valence-corrected chi connectivity index (χ2v) is 4.65. The normalized spacial score (nSPS) is 11.2. The van der Waals surface area contributed by atoms with Crippen LogP contribution in [0.1, 0.15) is 31.5 Å². The number of aromatic nitrogens is 1. The highest BCUT2D eigenvalue weighted by atomic mass is 32.1. The molecule has 0 aliphatic carbocycles. The van der Waals surface area contributed by atoms with Gasteiger partial charge in [0.1, 0.15) is 5.01 Å². The molecule has 0 atom stereocenters. The lowest BCUT2D eigenvalue weighted by Crippen LogP contribution is -2.11. The molecule has 0 aliphatic heterocycles. The molecule has 1 heterocycles.